The molecule has 1 amide bonds. The van der Waals surface area contributed by atoms with Gasteiger partial charge in [-0.2, -0.15) is 0 Å². The molecular weight excluding hydrogens is 395 g/mol. The van der Waals surface area contributed by atoms with Crippen LogP contribution in [-0.4, -0.2) is 35.0 Å². The summed E-state index contributed by atoms with van der Waals surface area (Å²) in [5.74, 6) is -0.0896. The summed E-state index contributed by atoms with van der Waals surface area (Å²) in [5, 5.41) is 0. The Kier molecular flexibility index (Phi) is 6.38. The molecule has 2 unspecified atom stereocenters. The van der Waals surface area contributed by atoms with Gasteiger partial charge in [0.25, 0.3) is 0 Å². The van der Waals surface area contributed by atoms with Gasteiger partial charge < -0.3 is 14.4 Å². The van der Waals surface area contributed by atoms with Crippen LogP contribution in [-0.2, 0) is 9.53 Å². The van der Waals surface area contributed by atoms with E-state index in [4.69, 9.17) is 9.47 Å². The van der Waals surface area contributed by atoms with Crippen molar-refractivity contribution in [3.8, 4) is 11.5 Å². The average Bonchev–Trinajstić information content (AvgIpc) is 2.80. The number of halogens is 1. The van der Waals surface area contributed by atoms with Crippen LogP contribution < -0.4 is 4.74 Å². The topological polar surface area (TPSA) is 51.7 Å². The maximum Gasteiger partial charge on any atom is 0.246 e. The zero-order chi connectivity index (χ0) is 21.6. The third-order valence-electron chi connectivity index (χ3n) is 4.98. The Morgan fingerprint density at radius 1 is 1.16 bits per heavy atom. The molecule has 0 bridgehead atoms. The number of amides is 1. The van der Waals surface area contributed by atoms with Crippen LogP contribution in [0.1, 0.15) is 24.2 Å². The minimum absolute atomic E-state index is 0.0716. The summed E-state index contributed by atoms with van der Waals surface area (Å²) in [6.45, 7) is 2.94. The Balaban J connectivity index is 1.42. The largest absolute Gasteiger partial charge is 0.453 e. The Bertz CT molecular complexity index is 1060. The van der Waals surface area contributed by atoms with Gasteiger partial charge in [0.2, 0.25) is 5.91 Å². The molecule has 1 fully saturated rings. The predicted molar refractivity (Wildman–Crippen MR) is 116 cm³/mol. The standard InChI is InChI=1S/C25H23FN2O3/c1-18-16-28(17-24(30-18)20-6-3-2-4-7-20)25(29)12-10-19-9-11-23(22(26)14-19)31-21-8-5-13-27-15-21/h2-15,18,24H,16-17H2,1H3/b12-10+. The van der Waals surface area contributed by atoms with Crippen molar-refractivity contribution in [1.82, 2.24) is 9.88 Å². The lowest BCUT2D eigenvalue weighted by Crippen LogP contribution is -2.45. The van der Waals surface area contributed by atoms with Crippen molar-refractivity contribution in [2.45, 2.75) is 19.1 Å². The molecule has 0 radical (unpaired) electrons. The minimum atomic E-state index is -0.511. The van der Waals surface area contributed by atoms with Crippen LogP contribution in [0.4, 0.5) is 4.39 Å². The number of carbonyl (C=O) groups excluding carboxylic acids is 1. The van der Waals surface area contributed by atoms with Crippen LogP contribution in [0.5, 0.6) is 11.5 Å². The van der Waals surface area contributed by atoms with Crippen molar-refractivity contribution < 1.29 is 18.7 Å². The normalized spacial score (nSPS) is 18.8. The minimum Gasteiger partial charge on any atom is -0.453 e. The number of carbonyl (C=O) groups is 1. The van der Waals surface area contributed by atoms with Gasteiger partial charge in [-0.1, -0.05) is 36.4 Å². The molecule has 31 heavy (non-hydrogen) atoms. The number of pyridine rings is 1. The fourth-order valence-electron chi connectivity index (χ4n) is 3.49. The molecular formula is C25H23FN2O3. The average molecular weight is 418 g/mol. The maximum absolute atomic E-state index is 14.4. The number of aromatic nitrogens is 1. The fourth-order valence-corrected chi connectivity index (χ4v) is 3.49. The van der Waals surface area contributed by atoms with Gasteiger partial charge in [-0.3, -0.25) is 9.78 Å². The smallest absolute Gasteiger partial charge is 0.246 e. The molecule has 0 aliphatic carbocycles. The second-order valence-electron chi connectivity index (χ2n) is 7.40. The van der Waals surface area contributed by atoms with Gasteiger partial charge in [0.05, 0.1) is 18.8 Å². The summed E-state index contributed by atoms with van der Waals surface area (Å²) in [6, 6.07) is 17.9. The quantitative estimate of drug-likeness (QED) is 0.546. The van der Waals surface area contributed by atoms with E-state index in [0.717, 1.165) is 5.56 Å². The zero-order valence-electron chi connectivity index (χ0n) is 17.1. The van der Waals surface area contributed by atoms with Crippen LogP contribution in [0.2, 0.25) is 0 Å². The molecule has 1 saturated heterocycles. The first kappa shape index (κ1) is 20.8. The van der Waals surface area contributed by atoms with Crippen molar-refractivity contribution in [3.05, 3.63) is 96.1 Å². The van der Waals surface area contributed by atoms with E-state index in [1.165, 1.54) is 24.4 Å². The molecule has 1 aliphatic heterocycles. The van der Waals surface area contributed by atoms with E-state index >= 15 is 0 Å². The van der Waals surface area contributed by atoms with E-state index in [0.29, 0.717) is 24.4 Å². The summed E-state index contributed by atoms with van der Waals surface area (Å²) in [7, 11) is 0. The summed E-state index contributed by atoms with van der Waals surface area (Å²) in [5.41, 5.74) is 1.62. The van der Waals surface area contributed by atoms with Gasteiger partial charge in [0.1, 0.15) is 11.9 Å². The molecule has 158 valence electrons. The third kappa shape index (κ3) is 5.35. The molecule has 2 aromatic carbocycles. The first-order valence-electron chi connectivity index (χ1n) is 10.1. The van der Waals surface area contributed by atoms with E-state index in [9.17, 15) is 9.18 Å². The van der Waals surface area contributed by atoms with Gasteiger partial charge in [-0.05, 0) is 48.4 Å². The summed E-state index contributed by atoms with van der Waals surface area (Å²) >= 11 is 0. The highest BCUT2D eigenvalue weighted by Gasteiger charge is 2.28. The molecule has 6 heteroatoms. The number of morpholine rings is 1. The van der Waals surface area contributed by atoms with E-state index < -0.39 is 5.82 Å². The Morgan fingerprint density at radius 3 is 2.74 bits per heavy atom. The fraction of sp³-hybridized carbons (Fsp3) is 0.200. The molecule has 3 aromatic rings. The lowest BCUT2D eigenvalue weighted by atomic mass is 10.1. The molecule has 4 rings (SSSR count). The van der Waals surface area contributed by atoms with Gasteiger partial charge in [0.15, 0.2) is 11.6 Å². The molecule has 0 spiro atoms. The van der Waals surface area contributed by atoms with E-state index in [-0.39, 0.29) is 23.9 Å². The number of rotatable bonds is 5. The van der Waals surface area contributed by atoms with Crippen molar-refractivity contribution in [2.24, 2.45) is 0 Å². The second kappa shape index (κ2) is 9.53. The summed E-state index contributed by atoms with van der Waals surface area (Å²) in [6.07, 6.45) is 5.97. The van der Waals surface area contributed by atoms with Crippen molar-refractivity contribution >= 4 is 12.0 Å². The number of benzene rings is 2. The van der Waals surface area contributed by atoms with Crippen molar-refractivity contribution in [1.29, 1.82) is 0 Å². The molecule has 5 nitrogen and oxygen atoms in total. The lowest BCUT2D eigenvalue weighted by molar-refractivity contribution is -0.139. The Hall–Kier alpha value is -3.51. The maximum atomic E-state index is 14.4. The van der Waals surface area contributed by atoms with E-state index in [2.05, 4.69) is 4.98 Å². The van der Waals surface area contributed by atoms with E-state index in [1.807, 2.05) is 37.3 Å². The van der Waals surface area contributed by atoms with Crippen LogP contribution in [0.25, 0.3) is 6.08 Å². The zero-order valence-corrected chi connectivity index (χ0v) is 17.1. The highest BCUT2D eigenvalue weighted by Crippen LogP contribution is 2.26. The number of hydrogen-bond donors (Lipinski definition) is 0. The molecule has 2 atom stereocenters. The van der Waals surface area contributed by atoms with Gasteiger partial charge in [0, 0.05) is 18.8 Å². The first-order chi connectivity index (χ1) is 15.1. The molecule has 1 aromatic heterocycles. The third-order valence-corrected chi connectivity index (χ3v) is 4.98. The second-order valence-corrected chi connectivity index (χ2v) is 7.40. The summed E-state index contributed by atoms with van der Waals surface area (Å²) < 4.78 is 25.9. The molecule has 0 N–H and O–H groups in total. The molecule has 1 aliphatic rings. The Morgan fingerprint density at radius 2 is 2.00 bits per heavy atom. The van der Waals surface area contributed by atoms with Crippen molar-refractivity contribution in [2.75, 3.05) is 13.1 Å². The first-order valence-corrected chi connectivity index (χ1v) is 10.1. The number of hydrogen-bond acceptors (Lipinski definition) is 4. The Labute approximate surface area is 180 Å². The number of nitrogens with zero attached hydrogens (tertiary/aromatic N) is 2. The van der Waals surface area contributed by atoms with Gasteiger partial charge >= 0.3 is 0 Å². The summed E-state index contributed by atoms with van der Waals surface area (Å²) in [4.78, 5) is 18.4. The van der Waals surface area contributed by atoms with Crippen LogP contribution in [0, 0.1) is 5.82 Å². The highest BCUT2D eigenvalue weighted by molar-refractivity contribution is 5.92. The van der Waals surface area contributed by atoms with Gasteiger partial charge in [-0.25, -0.2) is 4.39 Å². The van der Waals surface area contributed by atoms with Crippen LogP contribution in [0.15, 0.2) is 79.1 Å². The van der Waals surface area contributed by atoms with Crippen LogP contribution in [0.3, 0.4) is 0 Å². The molecule has 2 heterocycles. The monoisotopic (exact) mass is 418 g/mol. The lowest BCUT2D eigenvalue weighted by Gasteiger charge is -2.36. The van der Waals surface area contributed by atoms with Gasteiger partial charge in [-0.15, -0.1) is 0 Å². The molecule has 0 saturated carbocycles. The SMILES string of the molecule is CC1CN(C(=O)/C=C/c2ccc(Oc3cccnc3)c(F)c2)CC(c2ccccc2)O1. The van der Waals surface area contributed by atoms with Crippen molar-refractivity contribution in [3.63, 3.8) is 0 Å². The highest BCUT2D eigenvalue weighted by atomic mass is 19.1. The number of ether oxygens (including phenoxy) is 2. The predicted octanol–water partition coefficient (Wildman–Crippen LogP) is 5.01. The van der Waals surface area contributed by atoms with Crippen LogP contribution >= 0.6 is 0 Å². The van der Waals surface area contributed by atoms with E-state index in [1.54, 1.807) is 35.4 Å².